The van der Waals surface area contributed by atoms with Crippen LogP contribution in [0.4, 0.5) is 0 Å². The molecule has 0 saturated heterocycles. The van der Waals surface area contributed by atoms with Crippen LogP contribution in [-0.2, 0) is 4.79 Å². The van der Waals surface area contributed by atoms with Crippen LogP contribution in [0.15, 0.2) is 44.7 Å². The molecule has 0 bridgehead atoms. The van der Waals surface area contributed by atoms with Crippen molar-refractivity contribution in [3.05, 3.63) is 55.1 Å². The summed E-state index contributed by atoms with van der Waals surface area (Å²) in [6, 6.07) is 9.27. The summed E-state index contributed by atoms with van der Waals surface area (Å²) in [4.78, 5) is 12.0. The molecule has 18 heavy (non-hydrogen) atoms. The summed E-state index contributed by atoms with van der Waals surface area (Å²) in [5.41, 5.74) is 1.15. The van der Waals surface area contributed by atoms with Gasteiger partial charge in [0.15, 0.2) is 0 Å². The second-order valence-electron chi connectivity index (χ2n) is 3.51. The lowest BCUT2D eigenvalue weighted by Crippen LogP contribution is -1.97. The van der Waals surface area contributed by atoms with Crippen molar-refractivity contribution < 1.29 is 9.90 Å². The first-order valence-electron chi connectivity index (χ1n) is 5.02. The molecule has 0 fully saturated rings. The number of thiophene rings is 1. The van der Waals surface area contributed by atoms with E-state index in [1.165, 1.54) is 11.3 Å². The molecule has 2 rings (SSSR count). The Labute approximate surface area is 125 Å². The van der Waals surface area contributed by atoms with Crippen molar-refractivity contribution in [2.24, 2.45) is 0 Å². The Morgan fingerprint density at radius 3 is 2.56 bits per heavy atom. The minimum absolute atomic E-state index is 0.305. The average Bonchev–Trinajstić information content (AvgIpc) is 2.83. The molecule has 1 aromatic heterocycles. The SMILES string of the molecule is O=C(O)/C(=C/c1ccc(Br)c(Br)c1)c1cccs1. The number of rotatable bonds is 3. The van der Waals surface area contributed by atoms with Gasteiger partial charge in [-0.05, 0) is 67.1 Å². The number of halogens is 2. The van der Waals surface area contributed by atoms with Gasteiger partial charge in [0, 0.05) is 13.8 Å². The molecule has 1 aromatic carbocycles. The van der Waals surface area contributed by atoms with Crippen LogP contribution >= 0.6 is 43.2 Å². The van der Waals surface area contributed by atoms with Crippen molar-refractivity contribution in [2.45, 2.75) is 0 Å². The molecule has 0 amide bonds. The van der Waals surface area contributed by atoms with Crippen LogP contribution < -0.4 is 0 Å². The van der Waals surface area contributed by atoms with E-state index < -0.39 is 5.97 Å². The van der Waals surface area contributed by atoms with Gasteiger partial charge in [0.2, 0.25) is 0 Å². The first-order chi connectivity index (χ1) is 8.58. The Morgan fingerprint density at radius 2 is 2.00 bits per heavy atom. The average molecular weight is 388 g/mol. The fourth-order valence-corrected chi connectivity index (χ4v) is 2.82. The Morgan fingerprint density at radius 1 is 1.22 bits per heavy atom. The van der Waals surface area contributed by atoms with Crippen molar-refractivity contribution in [1.82, 2.24) is 0 Å². The number of carboxylic acid groups (broad SMARTS) is 1. The maximum atomic E-state index is 11.3. The Balaban J connectivity index is 2.45. The molecule has 0 unspecified atom stereocenters. The zero-order valence-corrected chi connectivity index (χ0v) is 13.0. The Hall–Kier alpha value is -0.910. The maximum absolute atomic E-state index is 11.3. The largest absolute Gasteiger partial charge is 0.478 e. The van der Waals surface area contributed by atoms with Crippen LogP contribution in [0.5, 0.6) is 0 Å². The van der Waals surface area contributed by atoms with Crippen LogP contribution in [-0.4, -0.2) is 11.1 Å². The van der Waals surface area contributed by atoms with E-state index in [1.807, 2.05) is 29.6 Å². The highest BCUT2D eigenvalue weighted by molar-refractivity contribution is 9.13. The number of carboxylic acids is 1. The lowest BCUT2D eigenvalue weighted by molar-refractivity contribution is -0.130. The third-order valence-electron chi connectivity index (χ3n) is 2.27. The van der Waals surface area contributed by atoms with E-state index in [2.05, 4.69) is 31.9 Å². The Bertz CT molecular complexity index is 603. The molecule has 0 spiro atoms. The minimum Gasteiger partial charge on any atom is -0.478 e. The zero-order valence-electron chi connectivity index (χ0n) is 9.06. The Kier molecular flexibility index (Phi) is 4.37. The second kappa shape index (κ2) is 5.82. The van der Waals surface area contributed by atoms with Gasteiger partial charge in [0.1, 0.15) is 0 Å². The molecule has 5 heteroatoms. The van der Waals surface area contributed by atoms with Crippen LogP contribution in [0.3, 0.4) is 0 Å². The van der Waals surface area contributed by atoms with Gasteiger partial charge in [-0.3, -0.25) is 0 Å². The molecular weight excluding hydrogens is 380 g/mol. The molecule has 0 atom stereocenters. The molecular formula is C13H8Br2O2S. The molecule has 92 valence electrons. The smallest absolute Gasteiger partial charge is 0.337 e. The van der Waals surface area contributed by atoms with Crippen molar-refractivity contribution in [1.29, 1.82) is 0 Å². The first kappa shape index (κ1) is 13.5. The topological polar surface area (TPSA) is 37.3 Å². The van der Waals surface area contributed by atoms with Crippen LogP contribution in [0.25, 0.3) is 11.6 Å². The van der Waals surface area contributed by atoms with Crippen molar-refractivity contribution in [3.8, 4) is 0 Å². The predicted octanol–water partition coefficient (Wildman–Crippen LogP) is 4.90. The van der Waals surface area contributed by atoms with Gasteiger partial charge < -0.3 is 5.11 Å². The number of aliphatic carboxylic acids is 1. The highest BCUT2D eigenvalue weighted by atomic mass is 79.9. The van der Waals surface area contributed by atoms with Crippen LogP contribution in [0, 0.1) is 0 Å². The summed E-state index contributed by atoms with van der Waals surface area (Å²) in [7, 11) is 0. The fourth-order valence-electron chi connectivity index (χ4n) is 1.44. The van der Waals surface area contributed by atoms with Gasteiger partial charge in [-0.25, -0.2) is 4.79 Å². The van der Waals surface area contributed by atoms with E-state index in [0.717, 1.165) is 19.4 Å². The molecule has 2 nitrogen and oxygen atoms in total. The molecule has 0 aliphatic carbocycles. The van der Waals surface area contributed by atoms with E-state index in [0.29, 0.717) is 5.57 Å². The molecule has 0 aliphatic rings. The second-order valence-corrected chi connectivity index (χ2v) is 6.17. The lowest BCUT2D eigenvalue weighted by atomic mass is 10.1. The van der Waals surface area contributed by atoms with E-state index in [4.69, 9.17) is 0 Å². The normalized spacial score (nSPS) is 11.6. The summed E-state index contributed by atoms with van der Waals surface area (Å²) >= 11 is 8.20. The molecule has 1 N–H and O–H groups in total. The summed E-state index contributed by atoms with van der Waals surface area (Å²) < 4.78 is 1.83. The quantitative estimate of drug-likeness (QED) is 0.760. The number of hydrogen-bond donors (Lipinski definition) is 1. The molecule has 0 aliphatic heterocycles. The number of carbonyl (C=O) groups is 1. The minimum atomic E-state index is -0.920. The monoisotopic (exact) mass is 386 g/mol. The maximum Gasteiger partial charge on any atom is 0.337 e. The highest BCUT2D eigenvalue weighted by Gasteiger charge is 2.11. The lowest BCUT2D eigenvalue weighted by Gasteiger charge is -2.02. The van der Waals surface area contributed by atoms with Crippen LogP contribution in [0.2, 0.25) is 0 Å². The fraction of sp³-hybridized carbons (Fsp3) is 0. The molecule has 1 heterocycles. The summed E-state index contributed by atoms with van der Waals surface area (Å²) in [6.07, 6.45) is 1.67. The first-order valence-corrected chi connectivity index (χ1v) is 7.48. The van der Waals surface area contributed by atoms with Gasteiger partial charge in [0.05, 0.1) is 5.57 Å². The number of benzene rings is 1. The molecule has 0 radical (unpaired) electrons. The van der Waals surface area contributed by atoms with Gasteiger partial charge >= 0.3 is 5.97 Å². The zero-order chi connectivity index (χ0) is 13.1. The van der Waals surface area contributed by atoms with Gasteiger partial charge in [-0.15, -0.1) is 11.3 Å². The molecule has 2 aromatic rings. The summed E-state index contributed by atoms with van der Waals surface area (Å²) in [5, 5.41) is 11.1. The third-order valence-corrected chi connectivity index (χ3v) is 5.05. The highest BCUT2D eigenvalue weighted by Crippen LogP contribution is 2.27. The van der Waals surface area contributed by atoms with Crippen molar-refractivity contribution in [3.63, 3.8) is 0 Å². The predicted molar refractivity (Wildman–Crippen MR) is 81.7 cm³/mol. The van der Waals surface area contributed by atoms with Crippen molar-refractivity contribution >= 4 is 60.8 Å². The van der Waals surface area contributed by atoms with E-state index in [-0.39, 0.29) is 0 Å². The van der Waals surface area contributed by atoms with Crippen LogP contribution in [0.1, 0.15) is 10.4 Å². The van der Waals surface area contributed by atoms with Gasteiger partial charge in [-0.1, -0.05) is 12.1 Å². The van der Waals surface area contributed by atoms with Gasteiger partial charge in [-0.2, -0.15) is 0 Å². The van der Waals surface area contributed by atoms with E-state index in [1.54, 1.807) is 12.1 Å². The van der Waals surface area contributed by atoms with Crippen molar-refractivity contribution in [2.75, 3.05) is 0 Å². The number of hydrogen-bond acceptors (Lipinski definition) is 2. The third kappa shape index (κ3) is 3.10. The van der Waals surface area contributed by atoms with E-state index in [9.17, 15) is 9.90 Å². The van der Waals surface area contributed by atoms with E-state index >= 15 is 0 Å². The summed E-state index contributed by atoms with van der Waals surface area (Å²) in [6.45, 7) is 0. The molecule has 0 saturated carbocycles. The van der Waals surface area contributed by atoms with Gasteiger partial charge in [0.25, 0.3) is 0 Å². The summed E-state index contributed by atoms with van der Waals surface area (Å²) in [5.74, 6) is -0.920. The standard InChI is InChI=1S/C13H8Br2O2S/c14-10-4-3-8(7-11(10)15)6-9(13(16)17)12-2-1-5-18-12/h1-7H,(H,16,17)/b9-6+.